The van der Waals surface area contributed by atoms with Gasteiger partial charge in [-0.25, -0.2) is 13.2 Å². The minimum Gasteiger partial charge on any atom is -0.396 e. The molecule has 0 aliphatic carbocycles. The second-order valence-corrected chi connectivity index (χ2v) is 3.17. The molecule has 0 amide bonds. The summed E-state index contributed by atoms with van der Waals surface area (Å²) in [6.45, 7) is 0. The van der Waals surface area contributed by atoms with Crippen molar-refractivity contribution in [2.24, 2.45) is 0 Å². The third-order valence-electron chi connectivity index (χ3n) is 2.12. The maximum atomic E-state index is 13.4. The van der Waals surface area contributed by atoms with E-state index in [-0.39, 0.29) is 11.3 Å². The lowest BCUT2D eigenvalue weighted by molar-refractivity contribution is 0.451. The number of pyridine rings is 1. The van der Waals surface area contributed by atoms with Crippen LogP contribution in [-0.4, -0.2) is 4.98 Å². The zero-order chi connectivity index (χ0) is 11.7. The van der Waals surface area contributed by atoms with Crippen LogP contribution in [0.2, 0.25) is 0 Å². The summed E-state index contributed by atoms with van der Waals surface area (Å²) in [6, 6.07) is 5.75. The maximum Gasteiger partial charge on any atom is 0.197 e. The average molecular weight is 224 g/mol. The standard InChI is InChI=1S/C11H7F3N2/c12-9-6(8-3-1-2-4-16-8)5-7(15)10(13)11(9)14/h1-5H,15H2. The van der Waals surface area contributed by atoms with Gasteiger partial charge in [-0.15, -0.1) is 0 Å². The van der Waals surface area contributed by atoms with Crippen LogP contribution in [0.4, 0.5) is 18.9 Å². The van der Waals surface area contributed by atoms with Gasteiger partial charge in [0.2, 0.25) is 0 Å². The first-order valence-electron chi connectivity index (χ1n) is 4.45. The highest BCUT2D eigenvalue weighted by Gasteiger charge is 2.18. The topological polar surface area (TPSA) is 38.9 Å². The Bertz CT molecular complexity index is 526. The first kappa shape index (κ1) is 10.5. The largest absolute Gasteiger partial charge is 0.396 e. The third-order valence-corrected chi connectivity index (χ3v) is 2.12. The van der Waals surface area contributed by atoms with Crippen molar-refractivity contribution >= 4 is 5.69 Å². The van der Waals surface area contributed by atoms with Gasteiger partial charge in [0.25, 0.3) is 0 Å². The molecule has 0 atom stereocenters. The van der Waals surface area contributed by atoms with E-state index in [1.807, 2.05) is 0 Å². The molecule has 82 valence electrons. The van der Waals surface area contributed by atoms with E-state index < -0.39 is 23.1 Å². The number of nitrogen functional groups attached to an aromatic ring is 1. The summed E-state index contributed by atoms with van der Waals surface area (Å²) in [5.74, 6) is -4.25. The van der Waals surface area contributed by atoms with Crippen LogP contribution in [0.25, 0.3) is 11.3 Å². The van der Waals surface area contributed by atoms with Crippen LogP contribution in [0.1, 0.15) is 0 Å². The molecule has 0 saturated carbocycles. The first-order chi connectivity index (χ1) is 7.61. The molecule has 0 bridgehead atoms. The molecular weight excluding hydrogens is 217 g/mol. The Morgan fingerprint density at radius 1 is 1.00 bits per heavy atom. The summed E-state index contributed by atoms with van der Waals surface area (Å²) in [7, 11) is 0. The van der Waals surface area contributed by atoms with Gasteiger partial charge in [-0.2, -0.15) is 0 Å². The summed E-state index contributed by atoms with van der Waals surface area (Å²) in [4.78, 5) is 3.84. The number of rotatable bonds is 1. The number of anilines is 1. The van der Waals surface area contributed by atoms with Crippen LogP contribution in [0.5, 0.6) is 0 Å². The lowest BCUT2D eigenvalue weighted by Gasteiger charge is -2.06. The number of benzene rings is 1. The minimum absolute atomic E-state index is 0.156. The van der Waals surface area contributed by atoms with Crippen molar-refractivity contribution in [2.75, 3.05) is 5.73 Å². The highest BCUT2D eigenvalue weighted by atomic mass is 19.2. The van der Waals surface area contributed by atoms with Crippen molar-refractivity contribution < 1.29 is 13.2 Å². The fourth-order valence-corrected chi connectivity index (χ4v) is 1.33. The van der Waals surface area contributed by atoms with E-state index in [0.717, 1.165) is 6.07 Å². The molecular formula is C11H7F3N2. The molecule has 0 fully saturated rings. The molecule has 0 radical (unpaired) electrons. The van der Waals surface area contributed by atoms with E-state index in [1.165, 1.54) is 12.3 Å². The number of nitrogens with zero attached hydrogens (tertiary/aromatic N) is 1. The maximum absolute atomic E-state index is 13.4. The van der Waals surface area contributed by atoms with Crippen LogP contribution in [0.3, 0.4) is 0 Å². The van der Waals surface area contributed by atoms with Crippen molar-refractivity contribution in [3.8, 4) is 11.3 Å². The van der Waals surface area contributed by atoms with Gasteiger partial charge in [0.1, 0.15) is 0 Å². The molecule has 1 aromatic heterocycles. The SMILES string of the molecule is Nc1cc(-c2ccccn2)c(F)c(F)c1F. The zero-order valence-electron chi connectivity index (χ0n) is 8.05. The molecule has 0 aliphatic heterocycles. The zero-order valence-corrected chi connectivity index (χ0v) is 8.05. The van der Waals surface area contributed by atoms with Gasteiger partial charge >= 0.3 is 0 Å². The van der Waals surface area contributed by atoms with E-state index in [1.54, 1.807) is 12.1 Å². The van der Waals surface area contributed by atoms with Crippen molar-refractivity contribution in [1.82, 2.24) is 4.98 Å². The number of nitrogens with two attached hydrogens (primary N) is 1. The van der Waals surface area contributed by atoms with E-state index in [2.05, 4.69) is 4.98 Å². The fourth-order valence-electron chi connectivity index (χ4n) is 1.33. The molecule has 0 unspecified atom stereocenters. The molecule has 2 aromatic rings. The monoisotopic (exact) mass is 224 g/mol. The second-order valence-electron chi connectivity index (χ2n) is 3.17. The molecule has 0 saturated heterocycles. The number of aromatic nitrogens is 1. The number of hydrogen-bond acceptors (Lipinski definition) is 2. The third kappa shape index (κ3) is 1.60. The van der Waals surface area contributed by atoms with E-state index in [4.69, 9.17) is 5.73 Å². The first-order valence-corrected chi connectivity index (χ1v) is 4.45. The van der Waals surface area contributed by atoms with Crippen LogP contribution in [-0.2, 0) is 0 Å². The van der Waals surface area contributed by atoms with Gasteiger partial charge < -0.3 is 5.73 Å². The normalized spacial score (nSPS) is 10.4. The summed E-state index contributed by atoms with van der Waals surface area (Å²) in [5.41, 5.74) is 4.82. The van der Waals surface area contributed by atoms with Crippen LogP contribution >= 0.6 is 0 Å². The lowest BCUT2D eigenvalue weighted by atomic mass is 10.1. The van der Waals surface area contributed by atoms with Crippen LogP contribution in [0.15, 0.2) is 30.5 Å². The van der Waals surface area contributed by atoms with E-state index in [0.29, 0.717) is 0 Å². The van der Waals surface area contributed by atoms with E-state index in [9.17, 15) is 13.2 Å². The summed E-state index contributed by atoms with van der Waals surface area (Å²) in [5, 5.41) is 0. The molecule has 5 heteroatoms. The van der Waals surface area contributed by atoms with Gasteiger partial charge in [0, 0.05) is 11.8 Å². The molecule has 2 nitrogen and oxygen atoms in total. The fraction of sp³-hybridized carbons (Fsp3) is 0. The van der Waals surface area contributed by atoms with Gasteiger partial charge in [-0.05, 0) is 18.2 Å². The number of hydrogen-bond donors (Lipinski definition) is 1. The Morgan fingerprint density at radius 2 is 1.75 bits per heavy atom. The minimum atomic E-state index is -1.58. The molecule has 1 aromatic carbocycles. The smallest absolute Gasteiger partial charge is 0.197 e. The molecule has 16 heavy (non-hydrogen) atoms. The van der Waals surface area contributed by atoms with E-state index >= 15 is 0 Å². The predicted molar refractivity (Wildman–Crippen MR) is 54.0 cm³/mol. The summed E-state index contributed by atoms with van der Waals surface area (Å²) < 4.78 is 39.4. The Kier molecular flexibility index (Phi) is 2.52. The highest BCUT2D eigenvalue weighted by Crippen LogP contribution is 2.27. The number of halogens is 3. The van der Waals surface area contributed by atoms with Crippen molar-refractivity contribution in [1.29, 1.82) is 0 Å². The Labute approximate surface area is 89.5 Å². The Balaban J connectivity index is 2.68. The Hall–Kier alpha value is -2.04. The van der Waals surface area contributed by atoms with Crippen LogP contribution in [0, 0.1) is 17.5 Å². The predicted octanol–water partition coefficient (Wildman–Crippen LogP) is 2.75. The quantitative estimate of drug-likeness (QED) is 0.597. The molecule has 0 aliphatic rings. The Morgan fingerprint density at radius 3 is 2.38 bits per heavy atom. The molecule has 1 heterocycles. The van der Waals surface area contributed by atoms with Gasteiger partial charge in [-0.1, -0.05) is 6.07 Å². The second kappa shape index (κ2) is 3.84. The van der Waals surface area contributed by atoms with Crippen molar-refractivity contribution in [3.05, 3.63) is 47.9 Å². The molecule has 0 spiro atoms. The van der Waals surface area contributed by atoms with Crippen molar-refractivity contribution in [3.63, 3.8) is 0 Å². The summed E-state index contributed by atoms with van der Waals surface area (Å²) in [6.07, 6.45) is 1.42. The van der Waals surface area contributed by atoms with Crippen molar-refractivity contribution in [2.45, 2.75) is 0 Å². The highest BCUT2D eigenvalue weighted by molar-refractivity contribution is 5.65. The molecule has 2 rings (SSSR count). The average Bonchev–Trinajstić information content (AvgIpc) is 2.32. The van der Waals surface area contributed by atoms with Gasteiger partial charge in [0.15, 0.2) is 17.5 Å². The molecule has 2 N–H and O–H groups in total. The van der Waals surface area contributed by atoms with Gasteiger partial charge in [0.05, 0.1) is 11.4 Å². The lowest BCUT2D eigenvalue weighted by Crippen LogP contribution is -2.01. The van der Waals surface area contributed by atoms with Crippen LogP contribution < -0.4 is 5.73 Å². The summed E-state index contributed by atoms with van der Waals surface area (Å²) >= 11 is 0. The van der Waals surface area contributed by atoms with Gasteiger partial charge in [-0.3, -0.25) is 4.98 Å².